The summed E-state index contributed by atoms with van der Waals surface area (Å²) in [5.74, 6) is 1.25. The van der Waals surface area contributed by atoms with Crippen molar-refractivity contribution in [1.29, 1.82) is 0 Å². The molecule has 0 aliphatic heterocycles. The van der Waals surface area contributed by atoms with Crippen molar-refractivity contribution < 1.29 is 8.95 Å². The minimum absolute atomic E-state index is 0.468. The van der Waals surface area contributed by atoms with Crippen LogP contribution in [0.5, 0.6) is 5.75 Å². The summed E-state index contributed by atoms with van der Waals surface area (Å²) in [6, 6.07) is 15.1. The van der Waals surface area contributed by atoms with Crippen molar-refractivity contribution in [3.05, 3.63) is 59.7 Å². The van der Waals surface area contributed by atoms with Crippen LogP contribution >= 0.6 is 0 Å². The molecule has 1 unspecified atom stereocenters. The maximum Gasteiger partial charge on any atom is 0.118 e. The van der Waals surface area contributed by atoms with E-state index in [4.69, 9.17) is 10.5 Å². The Morgan fingerprint density at radius 3 is 2.26 bits per heavy atom. The van der Waals surface area contributed by atoms with Crippen LogP contribution in [0, 0.1) is 0 Å². The van der Waals surface area contributed by atoms with Gasteiger partial charge in [0.2, 0.25) is 0 Å². The highest BCUT2D eigenvalue weighted by atomic mass is 32.2. The number of methoxy groups -OCH3 is 1. The van der Waals surface area contributed by atoms with Gasteiger partial charge in [-0.25, -0.2) is 0 Å². The zero-order valence-corrected chi connectivity index (χ0v) is 11.7. The van der Waals surface area contributed by atoms with Crippen molar-refractivity contribution >= 4 is 10.8 Å². The van der Waals surface area contributed by atoms with Crippen molar-refractivity contribution in [1.82, 2.24) is 0 Å². The normalized spacial score (nSPS) is 12.1. The highest BCUT2D eigenvalue weighted by Gasteiger charge is 2.08. The summed E-state index contributed by atoms with van der Waals surface area (Å²) in [6.07, 6.45) is 0. The van der Waals surface area contributed by atoms with Crippen LogP contribution in [0.1, 0.15) is 11.1 Å². The molecule has 0 spiro atoms. The van der Waals surface area contributed by atoms with Crippen LogP contribution in [-0.4, -0.2) is 11.3 Å². The molecule has 19 heavy (non-hydrogen) atoms. The van der Waals surface area contributed by atoms with E-state index < -0.39 is 10.8 Å². The van der Waals surface area contributed by atoms with Gasteiger partial charge in [0.25, 0.3) is 0 Å². The molecule has 1 atom stereocenters. The first-order chi connectivity index (χ1) is 9.24. The monoisotopic (exact) mass is 275 g/mol. The molecule has 0 saturated heterocycles. The van der Waals surface area contributed by atoms with E-state index in [-0.39, 0.29) is 0 Å². The van der Waals surface area contributed by atoms with Crippen LogP contribution in [-0.2, 0) is 23.1 Å². The molecule has 100 valence electrons. The van der Waals surface area contributed by atoms with Gasteiger partial charge in [0.15, 0.2) is 0 Å². The van der Waals surface area contributed by atoms with Gasteiger partial charge in [-0.2, -0.15) is 0 Å². The lowest BCUT2D eigenvalue weighted by Crippen LogP contribution is -2.04. The van der Waals surface area contributed by atoms with Crippen molar-refractivity contribution in [3.8, 4) is 5.75 Å². The van der Waals surface area contributed by atoms with Crippen LogP contribution in [0.2, 0.25) is 0 Å². The third-order valence-electron chi connectivity index (χ3n) is 2.95. The lowest BCUT2D eigenvalue weighted by molar-refractivity contribution is 0.414. The Hall–Kier alpha value is -1.65. The van der Waals surface area contributed by atoms with Crippen LogP contribution in [0.25, 0.3) is 0 Å². The second kappa shape index (κ2) is 6.50. The molecule has 0 aliphatic carbocycles. The first-order valence-electron chi connectivity index (χ1n) is 6.04. The lowest BCUT2D eigenvalue weighted by Gasteiger charge is -2.08. The molecule has 2 aromatic rings. The number of hydrogen-bond acceptors (Lipinski definition) is 3. The molecule has 2 N–H and O–H groups in total. The van der Waals surface area contributed by atoms with Crippen LogP contribution in [0.15, 0.2) is 53.4 Å². The van der Waals surface area contributed by atoms with Gasteiger partial charge in [0, 0.05) is 11.4 Å². The van der Waals surface area contributed by atoms with E-state index in [0.717, 1.165) is 21.8 Å². The summed E-state index contributed by atoms with van der Waals surface area (Å²) >= 11 is 0. The second-order valence-corrected chi connectivity index (χ2v) is 5.59. The zero-order valence-electron chi connectivity index (χ0n) is 10.8. The van der Waals surface area contributed by atoms with Crippen LogP contribution in [0.3, 0.4) is 0 Å². The van der Waals surface area contributed by atoms with E-state index in [0.29, 0.717) is 12.3 Å². The number of rotatable bonds is 5. The first kappa shape index (κ1) is 13.8. The van der Waals surface area contributed by atoms with E-state index in [9.17, 15) is 4.21 Å². The molecule has 0 fully saturated rings. The molecule has 0 radical (unpaired) electrons. The maximum atomic E-state index is 12.3. The highest BCUT2D eigenvalue weighted by Crippen LogP contribution is 2.18. The van der Waals surface area contributed by atoms with Gasteiger partial charge in [0.1, 0.15) is 5.75 Å². The summed E-state index contributed by atoms with van der Waals surface area (Å²) in [4.78, 5) is 0.799. The fourth-order valence-corrected chi connectivity index (χ4v) is 3.02. The van der Waals surface area contributed by atoms with Gasteiger partial charge < -0.3 is 10.5 Å². The quantitative estimate of drug-likeness (QED) is 0.912. The molecule has 0 aromatic heterocycles. The topological polar surface area (TPSA) is 52.3 Å². The average molecular weight is 275 g/mol. The predicted octanol–water partition coefficient (Wildman–Crippen LogP) is 2.46. The van der Waals surface area contributed by atoms with Gasteiger partial charge >= 0.3 is 0 Å². The molecule has 0 heterocycles. The summed E-state index contributed by atoms with van der Waals surface area (Å²) < 4.78 is 17.4. The molecule has 4 heteroatoms. The molecule has 2 aromatic carbocycles. The Balaban J connectivity index is 2.16. The van der Waals surface area contributed by atoms with Gasteiger partial charge in [-0.15, -0.1) is 0 Å². The fourth-order valence-electron chi connectivity index (χ4n) is 1.85. The van der Waals surface area contributed by atoms with Gasteiger partial charge in [-0.05, 0) is 35.4 Å². The van der Waals surface area contributed by atoms with Crippen molar-refractivity contribution in [2.24, 2.45) is 5.73 Å². The Morgan fingerprint density at radius 1 is 1.05 bits per heavy atom. The van der Waals surface area contributed by atoms with E-state index in [2.05, 4.69) is 0 Å². The highest BCUT2D eigenvalue weighted by molar-refractivity contribution is 7.84. The van der Waals surface area contributed by atoms with Crippen molar-refractivity contribution in [2.45, 2.75) is 17.2 Å². The predicted molar refractivity (Wildman–Crippen MR) is 77.4 cm³/mol. The number of nitrogens with two attached hydrogens (primary N) is 1. The standard InChI is InChI=1S/C15H17NO2S/c1-18-14-6-8-15(9-7-14)19(17)11-13-5-3-2-4-12(13)10-16/h2-9H,10-11,16H2,1H3. The first-order valence-corrected chi connectivity index (χ1v) is 7.35. The molecule has 0 amide bonds. The Kier molecular flexibility index (Phi) is 4.71. The third-order valence-corrected chi connectivity index (χ3v) is 4.32. The fraction of sp³-hybridized carbons (Fsp3) is 0.200. The van der Waals surface area contributed by atoms with Gasteiger partial charge in [-0.1, -0.05) is 24.3 Å². The van der Waals surface area contributed by atoms with E-state index in [1.54, 1.807) is 7.11 Å². The molecular weight excluding hydrogens is 258 g/mol. The summed E-state index contributed by atoms with van der Waals surface area (Å²) in [5, 5.41) is 0. The largest absolute Gasteiger partial charge is 0.497 e. The van der Waals surface area contributed by atoms with Gasteiger partial charge in [-0.3, -0.25) is 4.21 Å². The molecule has 0 saturated carbocycles. The Labute approximate surface area is 115 Å². The SMILES string of the molecule is COc1ccc(S(=O)Cc2ccccc2CN)cc1. The summed E-state index contributed by atoms with van der Waals surface area (Å²) in [7, 11) is 0.547. The lowest BCUT2D eigenvalue weighted by atomic mass is 10.1. The smallest absolute Gasteiger partial charge is 0.118 e. The molecular formula is C15H17NO2S. The minimum atomic E-state index is -1.07. The van der Waals surface area contributed by atoms with E-state index in [1.807, 2.05) is 48.5 Å². The van der Waals surface area contributed by atoms with Crippen molar-refractivity contribution in [3.63, 3.8) is 0 Å². The number of benzene rings is 2. The third kappa shape index (κ3) is 3.43. The molecule has 3 nitrogen and oxygen atoms in total. The second-order valence-electron chi connectivity index (χ2n) is 4.14. The van der Waals surface area contributed by atoms with Crippen molar-refractivity contribution in [2.75, 3.05) is 7.11 Å². The number of hydrogen-bond donors (Lipinski definition) is 1. The zero-order chi connectivity index (χ0) is 13.7. The van der Waals surface area contributed by atoms with Crippen LogP contribution < -0.4 is 10.5 Å². The summed E-state index contributed by atoms with van der Waals surface area (Å²) in [5.41, 5.74) is 7.77. The minimum Gasteiger partial charge on any atom is -0.497 e. The van der Waals surface area contributed by atoms with Crippen LogP contribution in [0.4, 0.5) is 0 Å². The van der Waals surface area contributed by atoms with E-state index in [1.165, 1.54) is 0 Å². The molecule has 0 aliphatic rings. The Morgan fingerprint density at radius 2 is 1.68 bits per heavy atom. The van der Waals surface area contributed by atoms with Gasteiger partial charge in [0.05, 0.1) is 23.7 Å². The molecule has 2 rings (SSSR count). The van der Waals surface area contributed by atoms with E-state index >= 15 is 0 Å². The molecule has 0 bridgehead atoms. The Bertz CT molecular complexity index is 567. The number of ether oxygens (including phenoxy) is 1. The average Bonchev–Trinajstić information content (AvgIpc) is 2.48. The summed E-state index contributed by atoms with van der Waals surface area (Å²) in [6.45, 7) is 0.468. The maximum absolute atomic E-state index is 12.3.